The van der Waals surface area contributed by atoms with Crippen LogP contribution in [0.4, 0.5) is 22.0 Å². The van der Waals surface area contributed by atoms with E-state index in [1.54, 1.807) is 19.9 Å². The predicted molar refractivity (Wildman–Crippen MR) is 138 cm³/mol. The number of nitrogens with one attached hydrogen (secondary N) is 1. The Balaban J connectivity index is 1.59. The summed E-state index contributed by atoms with van der Waals surface area (Å²) in [7, 11) is 0. The Kier molecular flexibility index (Phi) is 8.34. The molecule has 2 atom stereocenters. The number of piperidine rings is 1. The number of likely N-dealkylation sites (tertiary alicyclic amines) is 1. The summed E-state index contributed by atoms with van der Waals surface area (Å²) in [4.78, 5) is 23.9. The second-order valence-electron chi connectivity index (χ2n) is 9.63. The molecule has 1 aromatic heterocycles. The fraction of sp³-hybridized carbons (Fsp3) is 0.444. The first-order chi connectivity index (χ1) is 17.9. The van der Waals surface area contributed by atoms with Gasteiger partial charge in [-0.25, -0.2) is 18.8 Å². The Hall–Kier alpha value is -3.08. The normalized spacial score (nSPS) is 23.5. The molecule has 2 aliphatic rings. The molecule has 11 heteroatoms. The number of benzene rings is 1. The molecule has 4 rings (SSSR count). The van der Waals surface area contributed by atoms with E-state index in [-0.39, 0.29) is 24.5 Å². The van der Waals surface area contributed by atoms with E-state index in [0.717, 1.165) is 22.8 Å². The van der Waals surface area contributed by atoms with Crippen LogP contribution in [0.15, 0.2) is 58.9 Å². The number of carbonyl (C=O) groups is 1. The summed E-state index contributed by atoms with van der Waals surface area (Å²) in [5, 5.41) is 3.65. The van der Waals surface area contributed by atoms with E-state index >= 15 is 0 Å². The summed E-state index contributed by atoms with van der Waals surface area (Å²) in [6.45, 7) is 2.69. The monoisotopic (exact) mass is 552 g/mol. The number of allylic oxidation sites excluding steroid dienone is 3. The molecular weight excluding hydrogens is 523 g/mol. The molecule has 1 unspecified atom stereocenters. The summed E-state index contributed by atoms with van der Waals surface area (Å²) in [6.07, 6.45) is -0.0751. The maximum absolute atomic E-state index is 14.7. The van der Waals surface area contributed by atoms with Gasteiger partial charge in [-0.2, -0.15) is 13.2 Å². The van der Waals surface area contributed by atoms with Crippen molar-refractivity contribution in [2.24, 2.45) is 10.9 Å². The largest absolute Gasteiger partial charge is 0.417 e. The van der Waals surface area contributed by atoms with Gasteiger partial charge in [0.25, 0.3) is 11.8 Å². The second-order valence-corrected chi connectivity index (χ2v) is 10.8. The van der Waals surface area contributed by atoms with E-state index in [1.165, 1.54) is 11.3 Å². The van der Waals surface area contributed by atoms with Crippen LogP contribution >= 0.6 is 11.3 Å². The minimum Gasteiger partial charge on any atom is -0.368 e. The van der Waals surface area contributed by atoms with Gasteiger partial charge < -0.3 is 10.2 Å². The lowest BCUT2D eigenvalue weighted by Crippen LogP contribution is -2.58. The first-order valence-electron chi connectivity index (χ1n) is 12.4. The molecule has 1 aromatic carbocycles. The lowest BCUT2D eigenvalue weighted by atomic mass is 9.88. The van der Waals surface area contributed by atoms with Crippen molar-refractivity contribution in [2.45, 2.75) is 57.7 Å². The van der Waals surface area contributed by atoms with Gasteiger partial charge in [-0.1, -0.05) is 43.3 Å². The van der Waals surface area contributed by atoms with Gasteiger partial charge in [-0.3, -0.25) is 4.79 Å². The molecule has 1 fully saturated rings. The van der Waals surface area contributed by atoms with Crippen molar-refractivity contribution in [1.82, 2.24) is 15.2 Å². The van der Waals surface area contributed by atoms with Crippen LogP contribution in [0.1, 0.15) is 48.1 Å². The fourth-order valence-corrected chi connectivity index (χ4v) is 5.66. The third-order valence-corrected chi connectivity index (χ3v) is 7.61. The average Bonchev–Trinajstić information content (AvgIpc) is 3.28. The van der Waals surface area contributed by atoms with Crippen LogP contribution in [-0.2, 0) is 0 Å². The zero-order valence-corrected chi connectivity index (χ0v) is 21.9. The number of aromatic nitrogens is 1. The van der Waals surface area contributed by atoms with Crippen LogP contribution < -0.4 is 5.32 Å². The van der Waals surface area contributed by atoms with E-state index in [4.69, 9.17) is 0 Å². The Bertz CT molecular complexity index is 1240. The second kappa shape index (κ2) is 11.3. The molecule has 0 spiro atoms. The van der Waals surface area contributed by atoms with Gasteiger partial charge in [-0.05, 0) is 43.7 Å². The van der Waals surface area contributed by atoms with Crippen molar-refractivity contribution in [3.8, 4) is 10.4 Å². The Labute approximate surface area is 222 Å². The smallest absolute Gasteiger partial charge is 0.368 e. The van der Waals surface area contributed by atoms with Crippen LogP contribution in [0.5, 0.6) is 0 Å². The van der Waals surface area contributed by atoms with Crippen molar-refractivity contribution in [1.29, 1.82) is 0 Å². The van der Waals surface area contributed by atoms with Crippen LogP contribution in [-0.4, -0.2) is 53.2 Å². The van der Waals surface area contributed by atoms with Gasteiger partial charge in [0.2, 0.25) is 0 Å². The van der Waals surface area contributed by atoms with Crippen molar-refractivity contribution in [2.75, 3.05) is 13.1 Å². The molecule has 0 aliphatic carbocycles. The highest BCUT2D eigenvalue weighted by Crippen LogP contribution is 2.37. The standard InChI is InChI=1S/C27H29F5N4OS/c1-17-13-26(28,29)16-36(25(37)23-24(38-18(2)35-23)19-9-5-3-6-10-19)21(17)15-34-22-12-8-4-7-11-20(14-33-22)27(30,31)32/h3,5-6,9-12,14,17,21,34H,4,7-8,13,15-16H2,1-2H3/b20-11-,22-12?,33-14?/t17-,21?/m1/s1. The van der Waals surface area contributed by atoms with Gasteiger partial charge in [0, 0.05) is 19.2 Å². The van der Waals surface area contributed by atoms with E-state index in [2.05, 4.69) is 15.3 Å². The topological polar surface area (TPSA) is 57.6 Å². The van der Waals surface area contributed by atoms with Crippen molar-refractivity contribution < 1.29 is 26.7 Å². The summed E-state index contributed by atoms with van der Waals surface area (Å²) >= 11 is 1.32. The SMILES string of the molecule is Cc1nc(C(=O)N2CC(F)(F)C[C@@H](C)C2CNC2=CCCC/C=C(\C(F)(F)F)C=N2)c(-c2ccccc2)s1. The van der Waals surface area contributed by atoms with Gasteiger partial charge >= 0.3 is 6.18 Å². The van der Waals surface area contributed by atoms with Gasteiger partial charge in [0.1, 0.15) is 11.5 Å². The molecule has 0 bridgehead atoms. The molecular formula is C27H29F5N4OS. The van der Waals surface area contributed by atoms with E-state index < -0.39 is 48.5 Å². The molecule has 2 aromatic rings. The molecule has 1 N–H and O–H groups in total. The lowest BCUT2D eigenvalue weighted by molar-refractivity contribution is -0.0913. The number of aryl methyl sites for hydroxylation is 1. The Morgan fingerprint density at radius 1 is 1.18 bits per heavy atom. The highest BCUT2D eigenvalue weighted by molar-refractivity contribution is 7.15. The number of carbonyl (C=O) groups excluding carboxylic acids is 1. The minimum absolute atomic E-state index is 0.0566. The number of hydrogen-bond acceptors (Lipinski definition) is 5. The molecule has 5 nitrogen and oxygen atoms in total. The molecule has 3 heterocycles. The van der Waals surface area contributed by atoms with E-state index in [9.17, 15) is 26.7 Å². The van der Waals surface area contributed by atoms with Gasteiger partial charge in [-0.15, -0.1) is 11.3 Å². The zero-order chi connectivity index (χ0) is 27.5. The average molecular weight is 553 g/mol. The number of halogens is 5. The first kappa shape index (κ1) is 27.9. The number of thiazole rings is 1. The third-order valence-electron chi connectivity index (χ3n) is 6.59. The predicted octanol–water partition coefficient (Wildman–Crippen LogP) is 6.78. The molecule has 2 aliphatic heterocycles. The zero-order valence-electron chi connectivity index (χ0n) is 21.1. The lowest BCUT2D eigenvalue weighted by Gasteiger charge is -2.43. The molecule has 0 radical (unpaired) electrons. The number of aliphatic imine (C=N–C) groups is 1. The highest BCUT2D eigenvalue weighted by atomic mass is 32.1. The van der Waals surface area contributed by atoms with Crippen LogP contribution in [0.25, 0.3) is 10.4 Å². The maximum atomic E-state index is 14.7. The first-order valence-corrected chi connectivity index (χ1v) is 13.2. The molecule has 0 saturated carbocycles. The van der Waals surface area contributed by atoms with Gasteiger partial charge in [0.05, 0.1) is 28.0 Å². The number of alkyl halides is 5. The number of nitrogens with zero attached hydrogens (tertiary/aromatic N) is 3. The Morgan fingerprint density at radius 2 is 1.89 bits per heavy atom. The number of hydrogen-bond donors (Lipinski definition) is 1. The van der Waals surface area contributed by atoms with E-state index in [1.807, 2.05) is 30.3 Å². The van der Waals surface area contributed by atoms with E-state index in [0.29, 0.717) is 22.7 Å². The molecule has 1 amide bonds. The van der Waals surface area contributed by atoms with Crippen LogP contribution in [0.2, 0.25) is 0 Å². The summed E-state index contributed by atoms with van der Waals surface area (Å²) < 4.78 is 69.2. The third kappa shape index (κ3) is 6.67. The Morgan fingerprint density at radius 3 is 2.61 bits per heavy atom. The minimum atomic E-state index is -4.52. The van der Waals surface area contributed by atoms with Crippen molar-refractivity contribution in [3.63, 3.8) is 0 Å². The quantitative estimate of drug-likeness (QED) is 0.416. The summed E-state index contributed by atoms with van der Waals surface area (Å²) in [6, 6.07) is 8.52. The highest BCUT2D eigenvalue weighted by Gasteiger charge is 2.47. The van der Waals surface area contributed by atoms with Crippen molar-refractivity contribution >= 4 is 23.5 Å². The molecule has 38 heavy (non-hydrogen) atoms. The van der Waals surface area contributed by atoms with Crippen molar-refractivity contribution in [3.05, 3.63) is 64.6 Å². The number of amides is 1. The van der Waals surface area contributed by atoms with Crippen LogP contribution in [0, 0.1) is 12.8 Å². The van der Waals surface area contributed by atoms with Crippen LogP contribution in [0.3, 0.4) is 0 Å². The maximum Gasteiger partial charge on any atom is 0.417 e. The fourth-order valence-electron chi connectivity index (χ4n) is 4.75. The summed E-state index contributed by atoms with van der Waals surface area (Å²) in [5.74, 6) is -4.04. The summed E-state index contributed by atoms with van der Waals surface area (Å²) in [5.41, 5.74) is 0.0571. The molecule has 204 valence electrons. The molecule has 1 saturated heterocycles. The number of rotatable bonds is 5. The van der Waals surface area contributed by atoms with Gasteiger partial charge in [0.15, 0.2) is 0 Å².